The zero-order chi connectivity index (χ0) is 27.4. The van der Waals surface area contributed by atoms with Crippen LogP contribution in [0.25, 0.3) is 10.9 Å². The number of carbonyl (C=O) groups is 2. The molecule has 2 amide bonds. The van der Waals surface area contributed by atoms with Crippen molar-refractivity contribution in [2.75, 3.05) is 11.9 Å². The number of amides is 2. The van der Waals surface area contributed by atoms with Crippen LogP contribution in [0.15, 0.2) is 87.0 Å². The van der Waals surface area contributed by atoms with E-state index in [-0.39, 0.29) is 28.9 Å². The van der Waals surface area contributed by atoms with Gasteiger partial charge in [0.05, 0.1) is 23.7 Å². The summed E-state index contributed by atoms with van der Waals surface area (Å²) in [6, 6.07) is 19.2. The summed E-state index contributed by atoms with van der Waals surface area (Å²) in [5, 5.41) is 12.4. The Bertz CT molecular complexity index is 1750. The Kier molecular flexibility index (Phi) is 7.21. The molecule has 3 aromatic heterocycles. The van der Waals surface area contributed by atoms with E-state index in [9.17, 15) is 19.2 Å². The topological polar surface area (TPSA) is 144 Å². The summed E-state index contributed by atoms with van der Waals surface area (Å²) in [6.07, 6.45) is 2.09. The highest BCUT2D eigenvalue weighted by molar-refractivity contribution is 5.98. The van der Waals surface area contributed by atoms with E-state index in [1.165, 1.54) is 29.0 Å². The van der Waals surface area contributed by atoms with Gasteiger partial charge in [0.1, 0.15) is 12.3 Å². The number of aromatic nitrogens is 4. The van der Waals surface area contributed by atoms with Gasteiger partial charge in [-0.05, 0) is 49.2 Å². The predicted octanol–water partition coefficient (Wildman–Crippen LogP) is 2.45. The minimum absolute atomic E-state index is 0.109. The highest BCUT2D eigenvalue weighted by Crippen LogP contribution is 2.14. The van der Waals surface area contributed by atoms with Crippen molar-refractivity contribution in [3.8, 4) is 0 Å². The molecule has 0 unspecified atom stereocenters. The summed E-state index contributed by atoms with van der Waals surface area (Å²) >= 11 is 0. The average Bonchev–Trinajstić information content (AvgIpc) is 3.60. The maximum atomic E-state index is 13.5. The summed E-state index contributed by atoms with van der Waals surface area (Å²) < 4.78 is 7.51. The molecule has 198 valence electrons. The Hall–Kier alpha value is -5.19. The molecule has 0 radical (unpaired) electrons. The molecule has 0 fully saturated rings. The molecular weight excluding hydrogens is 500 g/mol. The van der Waals surface area contributed by atoms with Crippen molar-refractivity contribution in [3.63, 3.8) is 0 Å². The zero-order valence-corrected chi connectivity index (χ0v) is 21.1. The normalized spacial score (nSPS) is 11.0. The molecule has 3 heterocycles. The van der Waals surface area contributed by atoms with Crippen molar-refractivity contribution in [2.45, 2.75) is 26.4 Å². The first kappa shape index (κ1) is 25.5. The Morgan fingerprint density at radius 3 is 2.54 bits per heavy atom. The number of nitrogens with one attached hydrogen (secondary N) is 3. The van der Waals surface area contributed by atoms with Gasteiger partial charge >= 0.3 is 5.69 Å². The molecule has 0 saturated heterocycles. The third kappa shape index (κ3) is 5.72. The zero-order valence-electron chi connectivity index (χ0n) is 21.1. The lowest BCUT2D eigenvalue weighted by molar-refractivity contribution is -0.116. The number of anilines is 1. The first-order valence-corrected chi connectivity index (χ1v) is 12.3. The van der Waals surface area contributed by atoms with E-state index < -0.39 is 23.7 Å². The maximum absolute atomic E-state index is 13.5. The maximum Gasteiger partial charge on any atom is 0.332 e. The van der Waals surface area contributed by atoms with E-state index in [4.69, 9.17) is 4.42 Å². The largest absolute Gasteiger partial charge is 0.467 e. The molecule has 0 spiro atoms. The van der Waals surface area contributed by atoms with Crippen LogP contribution in [0, 0.1) is 6.92 Å². The number of fused-ring (bicyclic) bond motifs is 1. The van der Waals surface area contributed by atoms with Gasteiger partial charge in [0, 0.05) is 23.9 Å². The van der Waals surface area contributed by atoms with Crippen molar-refractivity contribution in [3.05, 3.63) is 116 Å². The first-order chi connectivity index (χ1) is 18.9. The van der Waals surface area contributed by atoms with Crippen molar-refractivity contribution >= 4 is 28.5 Å². The van der Waals surface area contributed by atoms with Gasteiger partial charge in [0.25, 0.3) is 11.5 Å². The molecule has 11 nitrogen and oxygen atoms in total. The highest BCUT2D eigenvalue weighted by atomic mass is 16.3. The molecule has 3 N–H and O–H groups in total. The number of nitrogens with zero attached hydrogens (tertiary/aromatic N) is 3. The smallest absolute Gasteiger partial charge is 0.332 e. The summed E-state index contributed by atoms with van der Waals surface area (Å²) in [4.78, 5) is 52.6. The number of furan rings is 1. The first-order valence-electron chi connectivity index (χ1n) is 12.3. The van der Waals surface area contributed by atoms with E-state index >= 15 is 0 Å². The number of aromatic amines is 1. The van der Waals surface area contributed by atoms with Crippen LogP contribution in [0.2, 0.25) is 0 Å². The molecule has 11 heteroatoms. The third-order valence-electron chi connectivity index (χ3n) is 6.20. The van der Waals surface area contributed by atoms with Crippen molar-refractivity contribution in [1.82, 2.24) is 24.6 Å². The highest BCUT2D eigenvalue weighted by Gasteiger charge is 2.19. The van der Waals surface area contributed by atoms with E-state index in [0.29, 0.717) is 24.5 Å². The number of hydrogen-bond acceptors (Lipinski definition) is 6. The second-order valence-corrected chi connectivity index (χ2v) is 9.05. The lowest BCUT2D eigenvalue weighted by Gasteiger charge is -2.14. The molecule has 0 aliphatic heterocycles. The van der Waals surface area contributed by atoms with Gasteiger partial charge in [0.15, 0.2) is 5.82 Å². The molecule has 0 bridgehead atoms. The molecule has 0 aliphatic rings. The Labute approximate surface area is 222 Å². The van der Waals surface area contributed by atoms with Crippen molar-refractivity contribution in [2.24, 2.45) is 0 Å². The summed E-state index contributed by atoms with van der Waals surface area (Å²) in [7, 11) is 0. The van der Waals surface area contributed by atoms with Crippen molar-refractivity contribution in [1.29, 1.82) is 0 Å². The standard InChI is InChI=1S/C28H26N6O5/c1-18-14-24(32-31-18)30-25(35)17-33-23-15-20(26(36)29-12-11-19-6-3-2-4-7-19)9-10-22(23)27(37)34(28(33)38)16-21-8-5-13-39-21/h2-10,13-15H,11-12,16-17H2,1H3,(H,29,36)(H2,30,31,32,35). The van der Waals surface area contributed by atoms with Crippen LogP contribution < -0.4 is 21.9 Å². The Morgan fingerprint density at radius 2 is 1.82 bits per heavy atom. The number of carbonyl (C=O) groups excluding carboxylic acids is 2. The fourth-order valence-corrected chi connectivity index (χ4v) is 4.28. The van der Waals surface area contributed by atoms with E-state index in [2.05, 4.69) is 20.8 Å². The number of benzene rings is 2. The van der Waals surface area contributed by atoms with Gasteiger partial charge in [-0.1, -0.05) is 30.3 Å². The molecule has 39 heavy (non-hydrogen) atoms. The lowest BCUT2D eigenvalue weighted by atomic mass is 10.1. The van der Waals surface area contributed by atoms with Crippen LogP contribution in [0.1, 0.15) is 27.4 Å². The Morgan fingerprint density at radius 1 is 1.00 bits per heavy atom. The quantitative estimate of drug-likeness (QED) is 0.269. The van der Waals surface area contributed by atoms with Crippen LogP contribution in [0.3, 0.4) is 0 Å². The minimum atomic E-state index is -0.709. The average molecular weight is 527 g/mol. The van der Waals surface area contributed by atoms with Gasteiger partial charge in [-0.15, -0.1) is 0 Å². The van der Waals surface area contributed by atoms with E-state index in [0.717, 1.165) is 15.8 Å². The second-order valence-electron chi connectivity index (χ2n) is 9.05. The fraction of sp³-hybridized carbons (Fsp3) is 0.179. The lowest BCUT2D eigenvalue weighted by Crippen LogP contribution is -2.42. The van der Waals surface area contributed by atoms with Crippen LogP contribution in [-0.2, 0) is 24.3 Å². The summed E-state index contributed by atoms with van der Waals surface area (Å²) in [5.41, 5.74) is 1.00. The Balaban J connectivity index is 1.48. The van der Waals surface area contributed by atoms with Gasteiger partial charge < -0.3 is 15.1 Å². The SMILES string of the molecule is Cc1cc(NC(=O)Cn2c(=O)n(Cc3ccco3)c(=O)c3ccc(C(=O)NCCc4ccccc4)cc32)n[nH]1. The van der Waals surface area contributed by atoms with Gasteiger partial charge in [0.2, 0.25) is 5.91 Å². The number of aryl methyl sites for hydroxylation is 1. The summed E-state index contributed by atoms with van der Waals surface area (Å²) in [6.45, 7) is 1.68. The van der Waals surface area contributed by atoms with Crippen molar-refractivity contribution < 1.29 is 14.0 Å². The molecular formula is C28H26N6O5. The minimum Gasteiger partial charge on any atom is -0.467 e. The molecule has 2 aromatic carbocycles. The van der Waals surface area contributed by atoms with Crippen LogP contribution in [-0.4, -0.2) is 37.7 Å². The number of H-pyrrole nitrogens is 1. The van der Waals surface area contributed by atoms with Gasteiger partial charge in [-0.2, -0.15) is 5.10 Å². The van der Waals surface area contributed by atoms with E-state index in [1.807, 2.05) is 30.3 Å². The monoisotopic (exact) mass is 526 g/mol. The van der Waals surface area contributed by atoms with Gasteiger partial charge in [-0.3, -0.25) is 28.6 Å². The summed E-state index contributed by atoms with van der Waals surface area (Å²) in [5.74, 6) is -0.169. The predicted molar refractivity (Wildman–Crippen MR) is 145 cm³/mol. The molecule has 0 saturated carbocycles. The third-order valence-corrected chi connectivity index (χ3v) is 6.20. The van der Waals surface area contributed by atoms with E-state index in [1.54, 1.807) is 25.1 Å². The fourth-order valence-electron chi connectivity index (χ4n) is 4.28. The van der Waals surface area contributed by atoms with Crippen LogP contribution in [0.5, 0.6) is 0 Å². The van der Waals surface area contributed by atoms with Crippen LogP contribution >= 0.6 is 0 Å². The molecule has 0 atom stereocenters. The second kappa shape index (κ2) is 11.1. The van der Waals surface area contributed by atoms with Gasteiger partial charge in [-0.25, -0.2) is 4.79 Å². The molecule has 0 aliphatic carbocycles. The van der Waals surface area contributed by atoms with Crippen LogP contribution in [0.4, 0.5) is 5.82 Å². The number of hydrogen-bond donors (Lipinski definition) is 3. The molecule has 5 aromatic rings. The number of rotatable bonds is 9. The molecule has 5 rings (SSSR count).